The fourth-order valence-corrected chi connectivity index (χ4v) is 3.94. The number of fused-ring (bicyclic) bond motifs is 1. The molecule has 5 rings (SSSR count). The molecule has 5 aromatic rings. The van der Waals surface area contributed by atoms with Crippen molar-refractivity contribution in [1.82, 2.24) is 34.5 Å². The zero-order chi connectivity index (χ0) is 27.0. The Morgan fingerprint density at radius 1 is 1.11 bits per heavy atom. The van der Waals surface area contributed by atoms with Gasteiger partial charge in [-0.2, -0.15) is 24.2 Å². The highest BCUT2D eigenvalue weighted by molar-refractivity contribution is 5.86. The monoisotopic (exact) mass is 517 g/mol. The van der Waals surface area contributed by atoms with Crippen LogP contribution in [0.3, 0.4) is 0 Å². The van der Waals surface area contributed by atoms with Crippen LogP contribution in [-0.4, -0.2) is 46.2 Å². The molecular formula is C25H21F2N9O2. The molecule has 1 atom stereocenters. The summed E-state index contributed by atoms with van der Waals surface area (Å²) in [6, 6.07) is 13.3. The topological polar surface area (TPSA) is 140 Å². The third-order valence-electron chi connectivity index (χ3n) is 5.72. The van der Waals surface area contributed by atoms with Crippen molar-refractivity contribution in [1.29, 1.82) is 5.26 Å². The number of nitriles is 1. The summed E-state index contributed by atoms with van der Waals surface area (Å²) in [7, 11) is 0. The van der Waals surface area contributed by atoms with Gasteiger partial charge in [0.15, 0.2) is 23.1 Å². The zero-order valence-electron chi connectivity index (χ0n) is 20.5. The van der Waals surface area contributed by atoms with Gasteiger partial charge >= 0.3 is 6.61 Å². The van der Waals surface area contributed by atoms with Gasteiger partial charge in [-0.25, -0.2) is 14.6 Å². The van der Waals surface area contributed by atoms with E-state index in [1.807, 2.05) is 6.07 Å². The first-order valence-electron chi connectivity index (χ1n) is 11.4. The molecule has 38 heavy (non-hydrogen) atoms. The van der Waals surface area contributed by atoms with Gasteiger partial charge in [-0.1, -0.05) is 0 Å². The van der Waals surface area contributed by atoms with Gasteiger partial charge in [0.05, 0.1) is 28.5 Å². The lowest BCUT2D eigenvalue weighted by atomic mass is 10.1. The molecule has 0 aliphatic rings. The number of alkyl halides is 2. The van der Waals surface area contributed by atoms with Crippen molar-refractivity contribution in [3.05, 3.63) is 71.4 Å². The SMILES string of the molecule is Cc1ccc(Nc2cc3ncn(-c4ccc([C@H](C)O)c(-n5nc(C#N)cc5C)n4)c3cc2OC(F)F)nn1. The molecule has 0 saturated heterocycles. The number of nitrogens with zero attached hydrogens (tertiary/aromatic N) is 8. The Bertz CT molecular complexity index is 1670. The van der Waals surface area contributed by atoms with E-state index < -0.39 is 12.7 Å². The average molecular weight is 518 g/mol. The van der Waals surface area contributed by atoms with Crippen LogP contribution in [0.2, 0.25) is 0 Å². The van der Waals surface area contributed by atoms with Crippen molar-refractivity contribution < 1.29 is 18.6 Å². The second kappa shape index (κ2) is 9.83. The number of aromatic nitrogens is 7. The molecule has 2 N–H and O–H groups in total. The highest BCUT2D eigenvalue weighted by Gasteiger charge is 2.19. The van der Waals surface area contributed by atoms with Crippen LogP contribution in [0.25, 0.3) is 22.7 Å². The van der Waals surface area contributed by atoms with E-state index in [9.17, 15) is 19.1 Å². The van der Waals surface area contributed by atoms with Gasteiger partial charge in [0.25, 0.3) is 0 Å². The molecule has 1 aromatic carbocycles. The summed E-state index contributed by atoms with van der Waals surface area (Å²) < 4.78 is 34.5. The summed E-state index contributed by atoms with van der Waals surface area (Å²) in [5.74, 6) is 0.922. The molecule has 0 radical (unpaired) electrons. The van der Waals surface area contributed by atoms with Gasteiger partial charge in [-0.15, -0.1) is 5.10 Å². The molecule has 192 valence electrons. The first kappa shape index (κ1) is 24.7. The first-order valence-corrected chi connectivity index (χ1v) is 11.4. The normalized spacial score (nSPS) is 12.1. The fourth-order valence-electron chi connectivity index (χ4n) is 3.94. The standard InChI is InChI=1S/C25H21F2N9O2/c1-13-4-6-22(33-32-13)30-19-9-18-20(10-21(19)38-25(26)27)35(12-29-18)23-7-5-17(15(3)37)24(31-23)36-14(2)8-16(11-28)34-36/h4-10,12,15,25,37H,1-3H3,(H,30,33)/t15-/m0/s1. The summed E-state index contributed by atoms with van der Waals surface area (Å²) >= 11 is 0. The Kier molecular flexibility index (Phi) is 6.39. The number of hydrogen-bond acceptors (Lipinski definition) is 9. The van der Waals surface area contributed by atoms with Crippen LogP contribution in [0.5, 0.6) is 5.75 Å². The Labute approximate surface area is 215 Å². The van der Waals surface area contributed by atoms with Crippen LogP contribution in [0, 0.1) is 25.2 Å². The zero-order valence-corrected chi connectivity index (χ0v) is 20.5. The maximum Gasteiger partial charge on any atom is 0.387 e. The number of aryl methyl sites for hydroxylation is 2. The molecule has 0 unspecified atom stereocenters. The second-order valence-electron chi connectivity index (χ2n) is 8.47. The summed E-state index contributed by atoms with van der Waals surface area (Å²) in [5.41, 5.74) is 3.18. The van der Waals surface area contributed by atoms with Gasteiger partial charge in [0.1, 0.15) is 18.2 Å². The van der Waals surface area contributed by atoms with Gasteiger partial charge in [0, 0.05) is 17.3 Å². The summed E-state index contributed by atoms with van der Waals surface area (Å²) in [4.78, 5) is 9.10. The number of nitrogens with one attached hydrogen (secondary N) is 1. The molecule has 13 heteroatoms. The number of anilines is 2. The fraction of sp³-hybridized carbons (Fsp3) is 0.200. The largest absolute Gasteiger partial charge is 0.433 e. The number of pyridine rings is 1. The van der Waals surface area contributed by atoms with E-state index in [4.69, 9.17) is 4.74 Å². The molecule has 0 saturated carbocycles. The summed E-state index contributed by atoms with van der Waals surface area (Å²) in [5, 5.41) is 34.8. The van der Waals surface area contributed by atoms with Gasteiger partial charge in [-0.3, -0.25) is 4.57 Å². The molecule has 4 heterocycles. The molecule has 0 bridgehead atoms. The molecule has 11 nitrogen and oxygen atoms in total. The smallest absolute Gasteiger partial charge is 0.387 e. The van der Waals surface area contributed by atoms with E-state index in [-0.39, 0.29) is 17.1 Å². The van der Waals surface area contributed by atoms with E-state index in [1.54, 1.807) is 61.7 Å². The van der Waals surface area contributed by atoms with E-state index in [0.717, 1.165) is 0 Å². The van der Waals surface area contributed by atoms with Crippen LogP contribution in [0.15, 0.2) is 48.8 Å². The third-order valence-corrected chi connectivity index (χ3v) is 5.72. The van der Waals surface area contributed by atoms with Crippen molar-refractivity contribution in [2.45, 2.75) is 33.5 Å². The minimum absolute atomic E-state index is 0.126. The van der Waals surface area contributed by atoms with Crippen molar-refractivity contribution in [3.8, 4) is 23.5 Å². The van der Waals surface area contributed by atoms with Crippen LogP contribution < -0.4 is 10.1 Å². The Morgan fingerprint density at radius 2 is 1.92 bits per heavy atom. The highest BCUT2D eigenvalue weighted by Crippen LogP contribution is 2.34. The van der Waals surface area contributed by atoms with Crippen molar-refractivity contribution in [2.24, 2.45) is 0 Å². The van der Waals surface area contributed by atoms with Crippen molar-refractivity contribution in [2.75, 3.05) is 5.32 Å². The van der Waals surface area contributed by atoms with Crippen LogP contribution >= 0.6 is 0 Å². The molecule has 0 fully saturated rings. The molecule has 0 amide bonds. The maximum atomic E-state index is 13.3. The lowest BCUT2D eigenvalue weighted by Crippen LogP contribution is -2.11. The Hall–Kier alpha value is -4.96. The quantitative estimate of drug-likeness (QED) is 0.324. The number of aliphatic hydroxyl groups excluding tert-OH is 1. The number of rotatable bonds is 7. The maximum absolute atomic E-state index is 13.3. The molecule has 0 aliphatic carbocycles. The molecule has 0 spiro atoms. The first-order chi connectivity index (χ1) is 18.2. The van der Waals surface area contributed by atoms with Crippen LogP contribution in [0.4, 0.5) is 20.3 Å². The lowest BCUT2D eigenvalue weighted by Gasteiger charge is -2.15. The van der Waals surface area contributed by atoms with Crippen molar-refractivity contribution in [3.63, 3.8) is 0 Å². The van der Waals surface area contributed by atoms with Crippen molar-refractivity contribution >= 4 is 22.5 Å². The molecule has 0 aliphatic heterocycles. The van der Waals surface area contributed by atoms with E-state index in [1.165, 1.54) is 17.1 Å². The summed E-state index contributed by atoms with van der Waals surface area (Å²) in [6.07, 6.45) is 0.627. The predicted octanol–water partition coefficient (Wildman–Crippen LogP) is 4.28. The number of ether oxygens (including phenoxy) is 1. The Balaban J connectivity index is 1.63. The van der Waals surface area contributed by atoms with Gasteiger partial charge < -0.3 is 15.2 Å². The van der Waals surface area contributed by atoms with Gasteiger partial charge in [0.2, 0.25) is 0 Å². The number of aliphatic hydroxyl groups is 1. The van der Waals surface area contributed by atoms with Crippen LogP contribution in [-0.2, 0) is 0 Å². The number of hydrogen-bond donors (Lipinski definition) is 2. The van der Waals surface area contributed by atoms with Gasteiger partial charge in [-0.05, 0) is 57.2 Å². The Morgan fingerprint density at radius 3 is 2.58 bits per heavy atom. The number of imidazole rings is 1. The average Bonchev–Trinajstić information content (AvgIpc) is 3.47. The lowest BCUT2D eigenvalue weighted by molar-refractivity contribution is -0.0492. The van der Waals surface area contributed by atoms with E-state index >= 15 is 0 Å². The van der Waals surface area contributed by atoms with E-state index in [2.05, 4.69) is 30.6 Å². The predicted molar refractivity (Wildman–Crippen MR) is 133 cm³/mol. The minimum atomic E-state index is -3.07. The molecule has 4 aromatic heterocycles. The highest BCUT2D eigenvalue weighted by atomic mass is 19.3. The number of benzene rings is 1. The van der Waals surface area contributed by atoms with Crippen LogP contribution in [0.1, 0.15) is 35.7 Å². The second-order valence-corrected chi connectivity index (χ2v) is 8.47. The number of halogens is 2. The van der Waals surface area contributed by atoms with E-state index in [0.29, 0.717) is 45.4 Å². The molecular weight excluding hydrogens is 496 g/mol. The summed E-state index contributed by atoms with van der Waals surface area (Å²) in [6.45, 7) is 2.07. The minimum Gasteiger partial charge on any atom is -0.433 e. The third kappa shape index (κ3) is 4.72.